The Hall–Kier alpha value is -2.09. The van der Waals surface area contributed by atoms with Gasteiger partial charge in [-0.2, -0.15) is 30.6 Å². The molecule has 1 aliphatic rings. The van der Waals surface area contributed by atoms with Crippen LogP contribution in [0.1, 0.15) is 11.5 Å². The number of aromatic nitrogens is 2. The summed E-state index contributed by atoms with van der Waals surface area (Å²) < 4.78 is 84.1. The van der Waals surface area contributed by atoms with Crippen molar-refractivity contribution >= 4 is 10.2 Å². The predicted molar refractivity (Wildman–Crippen MR) is 84.9 cm³/mol. The SMILES string of the molecule is O=S(=O)(NCc1ccc(-c2nnc(C(F)(F)F)o2)cc1F)N1CCNCC1. The zero-order valence-corrected chi connectivity index (χ0v) is 14.6. The third kappa shape index (κ3) is 4.61. The largest absolute Gasteiger partial charge is 0.470 e. The predicted octanol–water partition coefficient (Wildman–Crippen LogP) is 1.13. The van der Waals surface area contributed by atoms with Gasteiger partial charge in [-0.15, -0.1) is 10.2 Å². The summed E-state index contributed by atoms with van der Waals surface area (Å²) in [6, 6.07) is 3.41. The van der Waals surface area contributed by atoms with Gasteiger partial charge in [0, 0.05) is 43.9 Å². The van der Waals surface area contributed by atoms with Crippen LogP contribution < -0.4 is 10.0 Å². The molecule has 8 nitrogen and oxygen atoms in total. The van der Waals surface area contributed by atoms with Gasteiger partial charge < -0.3 is 9.73 Å². The van der Waals surface area contributed by atoms with Crippen molar-refractivity contribution in [3.8, 4) is 11.5 Å². The summed E-state index contributed by atoms with van der Waals surface area (Å²) in [5.41, 5.74) is -0.0303. The van der Waals surface area contributed by atoms with Crippen LogP contribution in [0.2, 0.25) is 0 Å². The molecule has 2 aromatic rings. The fraction of sp³-hybridized carbons (Fsp3) is 0.429. The molecule has 0 unspecified atom stereocenters. The molecule has 27 heavy (non-hydrogen) atoms. The Balaban J connectivity index is 1.70. The Bertz CT molecular complexity index is 910. The smallest absolute Gasteiger partial charge is 0.413 e. The summed E-state index contributed by atoms with van der Waals surface area (Å²) in [4.78, 5) is 0. The van der Waals surface area contributed by atoms with Crippen LogP contribution >= 0.6 is 0 Å². The number of rotatable bonds is 5. The number of nitrogens with zero attached hydrogens (tertiary/aromatic N) is 3. The van der Waals surface area contributed by atoms with Crippen molar-refractivity contribution in [1.29, 1.82) is 0 Å². The molecule has 1 saturated heterocycles. The van der Waals surface area contributed by atoms with E-state index in [1.54, 1.807) is 0 Å². The lowest BCUT2D eigenvalue weighted by Crippen LogP contribution is -2.50. The number of benzene rings is 1. The van der Waals surface area contributed by atoms with E-state index in [9.17, 15) is 26.0 Å². The second kappa shape index (κ2) is 7.50. The lowest BCUT2D eigenvalue weighted by molar-refractivity contribution is -0.156. The molecule has 0 saturated carbocycles. The van der Waals surface area contributed by atoms with Crippen LogP contribution in [0.3, 0.4) is 0 Å². The molecule has 2 heterocycles. The molecule has 0 spiro atoms. The van der Waals surface area contributed by atoms with Crippen LogP contribution in [-0.4, -0.2) is 49.1 Å². The minimum Gasteiger partial charge on any atom is -0.413 e. The van der Waals surface area contributed by atoms with Crippen molar-refractivity contribution < 1.29 is 30.4 Å². The average molecular weight is 409 g/mol. The Morgan fingerprint density at radius 3 is 2.52 bits per heavy atom. The Kier molecular flexibility index (Phi) is 5.46. The number of nitrogens with one attached hydrogen (secondary N) is 2. The highest BCUT2D eigenvalue weighted by Gasteiger charge is 2.38. The summed E-state index contributed by atoms with van der Waals surface area (Å²) in [6.45, 7) is 1.34. The van der Waals surface area contributed by atoms with Crippen LogP contribution in [0.25, 0.3) is 11.5 Å². The zero-order valence-electron chi connectivity index (χ0n) is 13.8. The molecule has 2 N–H and O–H groups in total. The molecule has 0 bridgehead atoms. The second-order valence-electron chi connectivity index (χ2n) is 5.69. The first kappa shape index (κ1) is 19.7. The summed E-state index contributed by atoms with van der Waals surface area (Å²) in [7, 11) is -3.76. The van der Waals surface area contributed by atoms with Gasteiger partial charge in [0.25, 0.3) is 10.2 Å². The van der Waals surface area contributed by atoms with Crippen LogP contribution in [0, 0.1) is 5.82 Å². The normalized spacial score (nSPS) is 16.6. The first-order valence-corrected chi connectivity index (χ1v) is 9.26. The monoisotopic (exact) mass is 409 g/mol. The summed E-state index contributed by atoms with van der Waals surface area (Å²) >= 11 is 0. The van der Waals surface area contributed by atoms with E-state index in [-0.39, 0.29) is 17.7 Å². The highest BCUT2D eigenvalue weighted by Crippen LogP contribution is 2.30. The second-order valence-corrected chi connectivity index (χ2v) is 7.45. The van der Waals surface area contributed by atoms with E-state index in [1.165, 1.54) is 16.4 Å². The van der Waals surface area contributed by atoms with Crippen molar-refractivity contribution in [3.63, 3.8) is 0 Å². The quantitative estimate of drug-likeness (QED) is 0.719. The highest BCUT2D eigenvalue weighted by molar-refractivity contribution is 7.87. The van der Waals surface area contributed by atoms with Crippen molar-refractivity contribution in [1.82, 2.24) is 24.5 Å². The topological polar surface area (TPSA) is 100 Å². The summed E-state index contributed by atoms with van der Waals surface area (Å²) in [5.74, 6) is -2.85. The van der Waals surface area contributed by atoms with Gasteiger partial charge in [-0.3, -0.25) is 0 Å². The van der Waals surface area contributed by atoms with Gasteiger partial charge in [0.05, 0.1) is 0 Å². The van der Waals surface area contributed by atoms with Crippen LogP contribution in [0.15, 0.2) is 22.6 Å². The van der Waals surface area contributed by atoms with Crippen molar-refractivity contribution in [2.75, 3.05) is 26.2 Å². The molecular formula is C14H15F4N5O3S. The Morgan fingerprint density at radius 2 is 1.93 bits per heavy atom. The molecule has 0 atom stereocenters. The van der Waals surface area contributed by atoms with Crippen molar-refractivity contribution in [2.45, 2.75) is 12.7 Å². The molecule has 0 aliphatic carbocycles. The summed E-state index contributed by atoms with van der Waals surface area (Å²) in [6.07, 6.45) is -4.80. The van der Waals surface area contributed by atoms with Gasteiger partial charge in [-0.1, -0.05) is 6.07 Å². The Morgan fingerprint density at radius 1 is 1.22 bits per heavy atom. The average Bonchev–Trinajstić information content (AvgIpc) is 3.12. The lowest BCUT2D eigenvalue weighted by atomic mass is 10.1. The van der Waals surface area contributed by atoms with Gasteiger partial charge in [0.1, 0.15) is 5.82 Å². The number of hydrogen-bond acceptors (Lipinski definition) is 6. The molecule has 148 valence electrons. The van der Waals surface area contributed by atoms with Gasteiger partial charge in [-0.25, -0.2) is 4.39 Å². The van der Waals surface area contributed by atoms with Crippen molar-refractivity contribution in [3.05, 3.63) is 35.5 Å². The third-order valence-electron chi connectivity index (χ3n) is 3.83. The van der Waals surface area contributed by atoms with E-state index in [0.717, 1.165) is 6.07 Å². The molecule has 1 aromatic heterocycles. The number of halogens is 4. The van der Waals surface area contributed by atoms with E-state index in [0.29, 0.717) is 26.2 Å². The minimum absolute atomic E-state index is 0.0213. The molecule has 1 fully saturated rings. The van der Waals surface area contributed by atoms with E-state index in [2.05, 4.69) is 24.7 Å². The fourth-order valence-corrected chi connectivity index (χ4v) is 3.61. The van der Waals surface area contributed by atoms with Gasteiger partial charge in [-0.05, 0) is 12.1 Å². The van der Waals surface area contributed by atoms with E-state index in [1.807, 2.05) is 0 Å². The van der Waals surface area contributed by atoms with E-state index < -0.39 is 34.0 Å². The maximum absolute atomic E-state index is 14.2. The van der Waals surface area contributed by atoms with Crippen LogP contribution in [-0.2, 0) is 22.9 Å². The lowest BCUT2D eigenvalue weighted by Gasteiger charge is -2.26. The zero-order chi connectivity index (χ0) is 19.7. The first-order chi connectivity index (χ1) is 12.7. The van der Waals surface area contributed by atoms with E-state index in [4.69, 9.17) is 0 Å². The summed E-state index contributed by atoms with van der Waals surface area (Å²) in [5, 5.41) is 9.13. The molecular weight excluding hydrogens is 394 g/mol. The molecule has 1 aliphatic heterocycles. The number of hydrogen-bond donors (Lipinski definition) is 2. The third-order valence-corrected chi connectivity index (χ3v) is 5.38. The number of alkyl halides is 3. The van der Waals surface area contributed by atoms with Gasteiger partial charge in [0.15, 0.2) is 0 Å². The van der Waals surface area contributed by atoms with Gasteiger partial charge in [0.2, 0.25) is 5.89 Å². The maximum atomic E-state index is 14.2. The molecule has 1 aromatic carbocycles. The van der Waals surface area contributed by atoms with Gasteiger partial charge >= 0.3 is 12.1 Å². The van der Waals surface area contributed by atoms with E-state index >= 15 is 0 Å². The maximum Gasteiger partial charge on any atom is 0.470 e. The van der Waals surface area contributed by atoms with Crippen molar-refractivity contribution in [2.24, 2.45) is 0 Å². The Labute approximate surface area is 151 Å². The fourth-order valence-electron chi connectivity index (χ4n) is 2.42. The molecule has 13 heteroatoms. The minimum atomic E-state index is -4.80. The van der Waals surface area contributed by atoms with Crippen LogP contribution in [0.4, 0.5) is 17.6 Å². The first-order valence-electron chi connectivity index (χ1n) is 7.82. The molecule has 0 radical (unpaired) electrons. The number of piperazine rings is 1. The standard InChI is InChI=1S/C14H15F4N5O3S/c15-11-7-9(12-21-22-13(26-12)14(16,17)18)1-2-10(11)8-20-27(24,25)23-5-3-19-4-6-23/h1-2,7,19-20H,3-6,8H2. The van der Waals surface area contributed by atoms with Crippen LogP contribution in [0.5, 0.6) is 0 Å². The highest BCUT2D eigenvalue weighted by atomic mass is 32.2. The molecule has 0 amide bonds. The molecule has 3 rings (SSSR count).